The maximum absolute atomic E-state index is 12.2. The Labute approximate surface area is 159 Å². The van der Waals surface area contributed by atoms with Crippen LogP contribution in [0, 0.1) is 0 Å². The molecular weight excluding hydrogens is 346 g/mol. The first-order chi connectivity index (χ1) is 12.6. The quantitative estimate of drug-likeness (QED) is 0.386. The van der Waals surface area contributed by atoms with Gasteiger partial charge in [0, 0.05) is 29.2 Å². The fourth-order valence-electron chi connectivity index (χ4n) is 2.28. The molecule has 0 heterocycles. The van der Waals surface area contributed by atoms with Gasteiger partial charge in [-0.1, -0.05) is 36.4 Å². The van der Waals surface area contributed by atoms with Crippen LogP contribution in [0.3, 0.4) is 0 Å². The molecule has 4 nitrogen and oxygen atoms in total. The van der Waals surface area contributed by atoms with Crippen molar-refractivity contribution in [1.82, 2.24) is 5.32 Å². The van der Waals surface area contributed by atoms with E-state index in [9.17, 15) is 9.59 Å². The molecule has 2 aromatic rings. The van der Waals surface area contributed by atoms with Crippen LogP contribution in [0.15, 0.2) is 59.5 Å². The lowest BCUT2D eigenvalue weighted by Crippen LogP contribution is -2.25. The van der Waals surface area contributed by atoms with Crippen LogP contribution in [-0.2, 0) is 4.74 Å². The Bertz CT molecular complexity index is 716. The van der Waals surface area contributed by atoms with Crippen LogP contribution in [-0.4, -0.2) is 36.7 Å². The number of hydrogen-bond donors (Lipinski definition) is 1. The summed E-state index contributed by atoms with van der Waals surface area (Å²) in [6.07, 6.45) is 0.988. The molecule has 0 spiro atoms. The lowest BCUT2D eigenvalue weighted by molar-refractivity contribution is 0.0757. The molecule has 0 aliphatic rings. The molecule has 0 bridgehead atoms. The Kier molecular flexibility index (Phi) is 8.38. The number of amides is 1. The summed E-state index contributed by atoms with van der Waals surface area (Å²) in [5.41, 5.74) is 1.31. The number of nitrogens with one attached hydrogen (secondary N) is 1. The molecule has 0 saturated carbocycles. The van der Waals surface area contributed by atoms with E-state index in [0.717, 1.165) is 11.3 Å². The monoisotopic (exact) mass is 371 g/mol. The zero-order valence-corrected chi connectivity index (χ0v) is 16.1. The zero-order valence-electron chi connectivity index (χ0n) is 15.2. The van der Waals surface area contributed by atoms with Crippen LogP contribution < -0.4 is 5.32 Å². The van der Waals surface area contributed by atoms with Gasteiger partial charge in [0.15, 0.2) is 5.78 Å². The number of carbonyl (C=O) groups excluding carboxylic acids is 2. The molecule has 138 valence electrons. The van der Waals surface area contributed by atoms with E-state index < -0.39 is 0 Å². The maximum atomic E-state index is 12.2. The second kappa shape index (κ2) is 10.8. The molecule has 0 atom stereocenters. The largest absolute Gasteiger partial charge is 0.379 e. The van der Waals surface area contributed by atoms with E-state index in [4.69, 9.17) is 4.74 Å². The van der Waals surface area contributed by atoms with Gasteiger partial charge in [0.2, 0.25) is 0 Å². The van der Waals surface area contributed by atoms with Crippen molar-refractivity contribution in [2.75, 3.05) is 18.9 Å². The van der Waals surface area contributed by atoms with Crippen LogP contribution >= 0.6 is 11.8 Å². The van der Waals surface area contributed by atoms with E-state index in [1.165, 1.54) is 11.8 Å². The van der Waals surface area contributed by atoms with Crippen LogP contribution in [0.5, 0.6) is 0 Å². The number of carbonyl (C=O) groups is 2. The van der Waals surface area contributed by atoms with E-state index in [1.54, 1.807) is 6.07 Å². The van der Waals surface area contributed by atoms with Crippen molar-refractivity contribution in [3.63, 3.8) is 0 Å². The first-order valence-corrected chi connectivity index (χ1v) is 9.75. The van der Waals surface area contributed by atoms with E-state index in [1.807, 2.05) is 62.4 Å². The smallest absolute Gasteiger partial charge is 0.251 e. The van der Waals surface area contributed by atoms with Crippen molar-refractivity contribution in [3.8, 4) is 0 Å². The summed E-state index contributed by atoms with van der Waals surface area (Å²) in [5, 5.41) is 2.90. The Morgan fingerprint density at radius 1 is 1.04 bits per heavy atom. The summed E-state index contributed by atoms with van der Waals surface area (Å²) in [6, 6.07) is 16.6. The molecule has 0 aliphatic heterocycles. The van der Waals surface area contributed by atoms with Crippen molar-refractivity contribution in [1.29, 1.82) is 0 Å². The van der Waals surface area contributed by atoms with Crippen LogP contribution in [0.2, 0.25) is 0 Å². The van der Waals surface area contributed by atoms with Gasteiger partial charge in [-0.3, -0.25) is 9.59 Å². The van der Waals surface area contributed by atoms with Gasteiger partial charge < -0.3 is 10.1 Å². The van der Waals surface area contributed by atoms with E-state index in [2.05, 4.69) is 5.32 Å². The van der Waals surface area contributed by atoms with Crippen molar-refractivity contribution >= 4 is 23.5 Å². The van der Waals surface area contributed by atoms with E-state index >= 15 is 0 Å². The van der Waals surface area contributed by atoms with Gasteiger partial charge in [0.25, 0.3) is 5.91 Å². The van der Waals surface area contributed by atoms with Crippen molar-refractivity contribution in [2.45, 2.75) is 31.3 Å². The normalized spacial score (nSPS) is 10.7. The third kappa shape index (κ3) is 7.02. The first-order valence-electron chi connectivity index (χ1n) is 8.77. The average molecular weight is 372 g/mol. The molecule has 1 amide bonds. The first kappa shape index (κ1) is 20.2. The lowest BCUT2D eigenvalue weighted by Gasteiger charge is -2.09. The molecule has 0 aromatic heterocycles. The standard InChI is InChI=1S/C21H25NO3S/c1-16(2)25-13-7-12-22-21(24)18-10-6-11-19(14-18)26-15-20(23)17-8-4-3-5-9-17/h3-6,8-11,14,16H,7,12-13,15H2,1-2H3,(H,22,24). The van der Waals surface area contributed by atoms with E-state index in [-0.39, 0.29) is 17.8 Å². The second-order valence-electron chi connectivity index (χ2n) is 6.13. The SMILES string of the molecule is CC(C)OCCCNC(=O)c1cccc(SCC(=O)c2ccccc2)c1. The number of ketones is 1. The van der Waals surface area contributed by atoms with Gasteiger partial charge >= 0.3 is 0 Å². The minimum atomic E-state index is -0.105. The Morgan fingerprint density at radius 2 is 1.77 bits per heavy atom. The molecule has 5 heteroatoms. The fraction of sp³-hybridized carbons (Fsp3) is 0.333. The summed E-state index contributed by atoms with van der Waals surface area (Å²) in [4.78, 5) is 25.3. The minimum absolute atomic E-state index is 0.0793. The summed E-state index contributed by atoms with van der Waals surface area (Å²) in [5.74, 6) is 0.323. The molecule has 2 rings (SSSR count). The number of Topliss-reactive ketones (excluding diaryl/α,β-unsaturated/α-hetero) is 1. The van der Waals surface area contributed by atoms with Crippen molar-refractivity contribution in [3.05, 3.63) is 65.7 Å². The number of benzene rings is 2. The number of ether oxygens (including phenoxy) is 1. The average Bonchev–Trinajstić information content (AvgIpc) is 2.66. The van der Waals surface area contributed by atoms with Crippen molar-refractivity contribution in [2.24, 2.45) is 0 Å². The number of thioether (sulfide) groups is 1. The summed E-state index contributed by atoms with van der Waals surface area (Å²) >= 11 is 1.44. The van der Waals surface area contributed by atoms with Crippen molar-refractivity contribution < 1.29 is 14.3 Å². The van der Waals surface area contributed by atoms with E-state index in [0.29, 0.717) is 30.0 Å². The Morgan fingerprint density at radius 3 is 2.50 bits per heavy atom. The maximum Gasteiger partial charge on any atom is 0.251 e. The summed E-state index contributed by atoms with van der Waals surface area (Å²) in [6.45, 7) is 5.19. The van der Waals surface area contributed by atoms with Gasteiger partial charge in [0.05, 0.1) is 11.9 Å². The van der Waals surface area contributed by atoms with Gasteiger partial charge in [0.1, 0.15) is 0 Å². The molecule has 0 saturated heterocycles. The van der Waals surface area contributed by atoms with Gasteiger partial charge in [-0.05, 0) is 38.5 Å². The summed E-state index contributed by atoms with van der Waals surface area (Å²) < 4.78 is 5.45. The molecular formula is C21H25NO3S. The van der Waals surface area contributed by atoms with Gasteiger partial charge in [-0.25, -0.2) is 0 Å². The second-order valence-corrected chi connectivity index (χ2v) is 7.18. The number of rotatable bonds is 10. The third-order valence-electron chi connectivity index (χ3n) is 3.62. The molecule has 0 aliphatic carbocycles. The fourth-order valence-corrected chi connectivity index (χ4v) is 3.13. The Hall–Kier alpha value is -2.11. The molecule has 2 aromatic carbocycles. The highest BCUT2D eigenvalue weighted by atomic mass is 32.2. The van der Waals surface area contributed by atoms with Crippen LogP contribution in [0.25, 0.3) is 0 Å². The minimum Gasteiger partial charge on any atom is -0.379 e. The zero-order chi connectivity index (χ0) is 18.8. The van der Waals surface area contributed by atoms with Crippen LogP contribution in [0.4, 0.5) is 0 Å². The lowest BCUT2D eigenvalue weighted by atomic mass is 10.2. The molecule has 1 N–H and O–H groups in total. The highest BCUT2D eigenvalue weighted by molar-refractivity contribution is 8.00. The highest BCUT2D eigenvalue weighted by Crippen LogP contribution is 2.20. The molecule has 0 radical (unpaired) electrons. The Balaban J connectivity index is 1.81. The summed E-state index contributed by atoms with van der Waals surface area (Å²) in [7, 11) is 0. The van der Waals surface area contributed by atoms with Crippen LogP contribution in [0.1, 0.15) is 41.0 Å². The number of hydrogen-bond acceptors (Lipinski definition) is 4. The molecule has 0 fully saturated rings. The molecule has 0 unspecified atom stereocenters. The predicted octanol–water partition coefficient (Wildman–Crippen LogP) is 4.21. The topological polar surface area (TPSA) is 55.4 Å². The predicted molar refractivity (Wildman–Crippen MR) is 106 cm³/mol. The van der Waals surface area contributed by atoms with Gasteiger partial charge in [-0.2, -0.15) is 0 Å². The third-order valence-corrected chi connectivity index (χ3v) is 4.61. The van der Waals surface area contributed by atoms with Gasteiger partial charge in [-0.15, -0.1) is 11.8 Å². The molecule has 26 heavy (non-hydrogen) atoms. The highest BCUT2D eigenvalue weighted by Gasteiger charge is 2.09.